The van der Waals surface area contributed by atoms with Gasteiger partial charge in [0.25, 0.3) is 5.91 Å². The second-order valence-corrected chi connectivity index (χ2v) is 5.85. The molecule has 0 aliphatic carbocycles. The third-order valence-corrected chi connectivity index (χ3v) is 4.06. The van der Waals surface area contributed by atoms with Gasteiger partial charge in [-0.15, -0.1) is 0 Å². The van der Waals surface area contributed by atoms with E-state index in [0.717, 1.165) is 12.0 Å². The van der Waals surface area contributed by atoms with Crippen LogP contribution in [0.1, 0.15) is 28.5 Å². The lowest BCUT2D eigenvalue weighted by molar-refractivity contribution is 0.0950. The lowest BCUT2D eigenvalue weighted by Crippen LogP contribution is -2.18. The molecule has 0 aliphatic rings. The number of rotatable bonds is 6. The third-order valence-electron chi connectivity index (χ3n) is 4.06. The Labute approximate surface area is 156 Å². The summed E-state index contributed by atoms with van der Waals surface area (Å²) < 4.78 is 5.03. The number of benzene rings is 2. The zero-order valence-corrected chi connectivity index (χ0v) is 15.1. The monoisotopic (exact) mass is 364 g/mol. The van der Waals surface area contributed by atoms with Crippen molar-refractivity contribution < 1.29 is 14.6 Å². The fraction of sp³-hybridized carbons (Fsp3) is 0.150. The van der Waals surface area contributed by atoms with Gasteiger partial charge in [-0.2, -0.15) is 10.2 Å². The molecule has 0 unspecified atom stereocenters. The summed E-state index contributed by atoms with van der Waals surface area (Å²) in [5.74, 6) is -0.0332. The van der Waals surface area contributed by atoms with E-state index < -0.39 is 5.91 Å². The van der Waals surface area contributed by atoms with Gasteiger partial charge in [-0.25, -0.2) is 5.43 Å². The first-order valence-electron chi connectivity index (χ1n) is 8.46. The van der Waals surface area contributed by atoms with E-state index in [1.54, 1.807) is 18.2 Å². The first kappa shape index (κ1) is 18.2. The van der Waals surface area contributed by atoms with Crippen molar-refractivity contribution in [3.8, 4) is 22.8 Å². The van der Waals surface area contributed by atoms with Crippen LogP contribution in [0, 0.1) is 0 Å². The van der Waals surface area contributed by atoms with Crippen molar-refractivity contribution in [3.05, 3.63) is 65.4 Å². The first-order valence-corrected chi connectivity index (χ1v) is 8.46. The van der Waals surface area contributed by atoms with E-state index in [9.17, 15) is 9.90 Å². The molecule has 0 aliphatic heterocycles. The van der Waals surface area contributed by atoms with Crippen molar-refractivity contribution in [2.75, 3.05) is 7.11 Å². The van der Waals surface area contributed by atoms with Crippen molar-refractivity contribution >= 4 is 12.1 Å². The minimum Gasteiger partial charge on any atom is -0.504 e. The van der Waals surface area contributed by atoms with Crippen LogP contribution >= 0.6 is 0 Å². The standard InChI is InChI=1S/C20H20N4O3/c1-3-13-4-7-15(8-5-13)16-11-17(23-22-16)20(26)24-21-12-14-6-9-18(25)19(10-14)27-2/h4-12,25H,3H2,1-2H3,(H,22,23)(H,24,26). The number of hydrazone groups is 1. The van der Waals surface area contributed by atoms with Crippen LogP contribution in [0.4, 0.5) is 0 Å². The Hall–Kier alpha value is -3.61. The molecule has 1 heterocycles. The van der Waals surface area contributed by atoms with Gasteiger partial charge in [0.15, 0.2) is 11.5 Å². The number of nitrogens with zero attached hydrogens (tertiary/aromatic N) is 2. The Balaban J connectivity index is 1.65. The normalized spacial score (nSPS) is 10.9. The Morgan fingerprint density at radius 2 is 2.04 bits per heavy atom. The van der Waals surface area contributed by atoms with Crippen LogP contribution in [0.2, 0.25) is 0 Å². The number of ether oxygens (including phenoxy) is 1. The number of hydrogen-bond acceptors (Lipinski definition) is 5. The Morgan fingerprint density at radius 3 is 2.74 bits per heavy atom. The quantitative estimate of drug-likeness (QED) is 0.462. The highest BCUT2D eigenvalue weighted by atomic mass is 16.5. The van der Waals surface area contributed by atoms with E-state index in [-0.39, 0.29) is 5.75 Å². The van der Waals surface area contributed by atoms with Crippen LogP contribution in [0.5, 0.6) is 11.5 Å². The number of H-pyrrole nitrogens is 1. The Kier molecular flexibility index (Phi) is 5.51. The van der Waals surface area contributed by atoms with Crippen LogP contribution in [-0.2, 0) is 6.42 Å². The molecule has 3 aromatic rings. The SMILES string of the molecule is CCc1ccc(-c2cc(C(=O)NN=Cc3ccc(O)c(OC)c3)[nH]n2)cc1. The minimum absolute atomic E-state index is 0.0376. The van der Waals surface area contributed by atoms with E-state index in [4.69, 9.17) is 4.74 Å². The van der Waals surface area contributed by atoms with Crippen molar-refractivity contribution in [1.29, 1.82) is 0 Å². The van der Waals surface area contributed by atoms with Gasteiger partial charge in [0, 0.05) is 5.56 Å². The number of methoxy groups -OCH3 is 1. The summed E-state index contributed by atoms with van der Waals surface area (Å²) in [6.45, 7) is 2.10. The molecule has 27 heavy (non-hydrogen) atoms. The molecule has 1 amide bonds. The molecule has 138 valence electrons. The maximum absolute atomic E-state index is 12.2. The second kappa shape index (κ2) is 8.18. The molecule has 0 saturated carbocycles. The molecule has 0 atom stereocenters. The summed E-state index contributed by atoms with van der Waals surface area (Å²) in [5, 5.41) is 20.4. The molecule has 0 spiro atoms. The van der Waals surface area contributed by atoms with Crippen molar-refractivity contribution in [1.82, 2.24) is 15.6 Å². The molecule has 0 radical (unpaired) electrons. The lowest BCUT2D eigenvalue weighted by atomic mass is 10.1. The van der Waals surface area contributed by atoms with Crippen LogP contribution < -0.4 is 10.2 Å². The van der Waals surface area contributed by atoms with E-state index in [0.29, 0.717) is 22.7 Å². The highest BCUT2D eigenvalue weighted by Crippen LogP contribution is 2.25. The topological polar surface area (TPSA) is 99.6 Å². The molecule has 0 fully saturated rings. The number of carbonyl (C=O) groups excluding carboxylic acids is 1. The number of aromatic amines is 1. The van der Waals surface area contributed by atoms with Crippen molar-refractivity contribution in [2.45, 2.75) is 13.3 Å². The number of aromatic nitrogens is 2. The number of phenolic OH excluding ortho intramolecular Hbond substituents is 1. The van der Waals surface area contributed by atoms with Gasteiger partial charge >= 0.3 is 0 Å². The average Bonchev–Trinajstić information content (AvgIpc) is 3.19. The summed E-state index contributed by atoms with van der Waals surface area (Å²) in [4.78, 5) is 12.2. The summed E-state index contributed by atoms with van der Waals surface area (Å²) in [5.41, 5.74) is 6.29. The molecule has 2 aromatic carbocycles. The van der Waals surface area contributed by atoms with Crippen LogP contribution in [0.15, 0.2) is 53.6 Å². The number of aryl methyl sites for hydroxylation is 1. The highest BCUT2D eigenvalue weighted by molar-refractivity contribution is 5.94. The summed E-state index contributed by atoms with van der Waals surface area (Å²) in [7, 11) is 1.46. The molecular formula is C20H20N4O3. The van der Waals surface area contributed by atoms with Gasteiger partial charge in [0.05, 0.1) is 19.0 Å². The predicted octanol–water partition coefficient (Wildman–Crippen LogP) is 3.12. The zero-order chi connectivity index (χ0) is 19.2. The molecule has 7 heteroatoms. The smallest absolute Gasteiger partial charge is 0.289 e. The van der Waals surface area contributed by atoms with E-state index in [1.165, 1.54) is 25.0 Å². The number of phenols is 1. The minimum atomic E-state index is -0.402. The highest BCUT2D eigenvalue weighted by Gasteiger charge is 2.10. The van der Waals surface area contributed by atoms with Crippen LogP contribution in [0.25, 0.3) is 11.3 Å². The molecular weight excluding hydrogens is 344 g/mol. The van der Waals surface area contributed by atoms with Gasteiger partial charge in [-0.1, -0.05) is 31.2 Å². The lowest BCUT2D eigenvalue weighted by Gasteiger charge is -2.03. The van der Waals surface area contributed by atoms with Gasteiger partial charge in [-0.05, 0) is 41.8 Å². The fourth-order valence-corrected chi connectivity index (χ4v) is 2.50. The summed E-state index contributed by atoms with van der Waals surface area (Å²) >= 11 is 0. The maximum Gasteiger partial charge on any atom is 0.289 e. The Bertz CT molecular complexity index is 962. The maximum atomic E-state index is 12.2. The zero-order valence-electron chi connectivity index (χ0n) is 15.1. The predicted molar refractivity (Wildman–Crippen MR) is 103 cm³/mol. The summed E-state index contributed by atoms with van der Waals surface area (Å²) in [6.07, 6.45) is 2.43. The number of hydrogen-bond donors (Lipinski definition) is 3. The largest absolute Gasteiger partial charge is 0.504 e. The number of nitrogens with one attached hydrogen (secondary N) is 2. The molecule has 3 rings (SSSR count). The van der Waals surface area contributed by atoms with Gasteiger partial charge in [0.2, 0.25) is 0 Å². The van der Waals surface area contributed by atoms with Crippen LogP contribution in [0.3, 0.4) is 0 Å². The Morgan fingerprint density at radius 1 is 1.26 bits per heavy atom. The molecule has 0 bridgehead atoms. The molecule has 0 saturated heterocycles. The van der Waals surface area contributed by atoms with Crippen molar-refractivity contribution in [2.24, 2.45) is 5.10 Å². The van der Waals surface area contributed by atoms with Gasteiger partial charge < -0.3 is 9.84 Å². The van der Waals surface area contributed by atoms with E-state index in [2.05, 4.69) is 27.6 Å². The summed E-state index contributed by atoms with van der Waals surface area (Å²) in [6, 6.07) is 14.5. The number of amides is 1. The van der Waals surface area contributed by atoms with Gasteiger partial charge in [-0.3, -0.25) is 9.89 Å². The first-order chi connectivity index (χ1) is 13.1. The van der Waals surface area contributed by atoms with E-state index in [1.807, 2.05) is 24.3 Å². The fourth-order valence-electron chi connectivity index (χ4n) is 2.50. The van der Waals surface area contributed by atoms with Gasteiger partial charge in [0.1, 0.15) is 5.69 Å². The van der Waals surface area contributed by atoms with Crippen molar-refractivity contribution in [3.63, 3.8) is 0 Å². The van der Waals surface area contributed by atoms with E-state index >= 15 is 0 Å². The number of aromatic hydroxyl groups is 1. The molecule has 1 aromatic heterocycles. The second-order valence-electron chi connectivity index (χ2n) is 5.85. The molecule has 3 N–H and O–H groups in total. The number of carbonyl (C=O) groups is 1. The molecule has 7 nitrogen and oxygen atoms in total. The third kappa shape index (κ3) is 4.33. The van der Waals surface area contributed by atoms with Crippen LogP contribution in [-0.4, -0.2) is 34.5 Å². The average molecular weight is 364 g/mol.